The minimum absolute atomic E-state index is 0.522. The highest BCUT2D eigenvalue weighted by atomic mass is 35.5. The summed E-state index contributed by atoms with van der Waals surface area (Å²) in [5.74, 6) is 0. The van der Waals surface area contributed by atoms with Gasteiger partial charge in [-0.3, -0.25) is 0 Å². The summed E-state index contributed by atoms with van der Waals surface area (Å²) in [5, 5.41) is 0.522. The molecule has 0 aromatic rings. The number of halogens is 1. The fourth-order valence-electron chi connectivity index (χ4n) is 0.115. The van der Waals surface area contributed by atoms with Gasteiger partial charge in [-0.1, -0.05) is 0 Å². The summed E-state index contributed by atoms with van der Waals surface area (Å²) in [5.41, 5.74) is 0. The molecule has 0 radical (unpaired) electrons. The van der Waals surface area contributed by atoms with Crippen molar-refractivity contribution in [2.75, 3.05) is 11.8 Å². The van der Waals surface area contributed by atoms with Crippen molar-refractivity contribution >= 4 is 23.6 Å². The Hall–Kier alpha value is 0.600. The van der Waals surface area contributed by atoms with Crippen molar-refractivity contribution in [1.82, 2.24) is 0 Å². The van der Waals surface area contributed by atoms with Crippen LogP contribution in [0.3, 0.4) is 0 Å². The number of rotatable bonds is 3. The monoisotopic (exact) mass is 126 g/mol. The number of hydrogen-bond acceptors (Lipinski definition) is 2. The van der Waals surface area contributed by atoms with Gasteiger partial charge in [-0.05, 0) is 6.92 Å². The third-order valence-electron chi connectivity index (χ3n) is 0.246. The predicted octanol–water partition coefficient (Wildman–Crippen LogP) is 1.87. The SMILES string of the molecule is CCOSCCl. The van der Waals surface area contributed by atoms with E-state index in [9.17, 15) is 0 Å². The van der Waals surface area contributed by atoms with Crippen molar-refractivity contribution in [3.8, 4) is 0 Å². The van der Waals surface area contributed by atoms with E-state index >= 15 is 0 Å². The second-order valence-corrected chi connectivity index (χ2v) is 1.98. The van der Waals surface area contributed by atoms with Gasteiger partial charge in [-0.25, -0.2) is 0 Å². The smallest absolute Gasteiger partial charge is 0.0943 e. The van der Waals surface area contributed by atoms with E-state index in [1.807, 2.05) is 6.92 Å². The van der Waals surface area contributed by atoms with Gasteiger partial charge in [0.15, 0.2) is 0 Å². The Bertz CT molecular complexity index is 22.8. The third kappa shape index (κ3) is 4.60. The van der Waals surface area contributed by atoms with Crippen LogP contribution in [0.15, 0.2) is 0 Å². The molecule has 0 aromatic carbocycles. The van der Waals surface area contributed by atoms with Crippen molar-refractivity contribution < 1.29 is 4.18 Å². The maximum Gasteiger partial charge on any atom is 0.0943 e. The molecule has 0 aliphatic heterocycles. The van der Waals surface area contributed by atoms with E-state index in [4.69, 9.17) is 15.8 Å². The van der Waals surface area contributed by atoms with Crippen LogP contribution in [0, 0.1) is 0 Å². The lowest BCUT2D eigenvalue weighted by Crippen LogP contribution is -1.74. The minimum atomic E-state index is 0.522. The highest BCUT2D eigenvalue weighted by Gasteiger charge is 1.75. The Morgan fingerprint density at radius 3 is 2.67 bits per heavy atom. The highest BCUT2D eigenvalue weighted by Crippen LogP contribution is 2.01. The summed E-state index contributed by atoms with van der Waals surface area (Å²) in [7, 11) is 0. The maximum atomic E-state index is 5.22. The van der Waals surface area contributed by atoms with Gasteiger partial charge in [-0.2, -0.15) is 0 Å². The van der Waals surface area contributed by atoms with E-state index < -0.39 is 0 Å². The van der Waals surface area contributed by atoms with Crippen LogP contribution in [0.25, 0.3) is 0 Å². The fraction of sp³-hybridized carbons (Fsp3) is 1.00. The third-order valence-corrected chi connectivity index (χ3v) is 1.00. The largest absolute Gasteiger partial charge is 0.314 e. The van der Waals surface area contributed by atoms with E-state index in [2.05, 4.69) is 0 Å². The topological polar surface area (TPSA) is 9.23 Å². The first-order valence-corrected chi connectivity index (χ1v) is 3.16. The average Bonchev–Trinajstić information content (AvgIpc) is 1.61. The quantitative estimate of drug-likeness (QED) is 0.324. The molecule has 0 aromatic heterocycles. The molecule has 0 unspecified atom stereocenters. The lowest BCUT2D eigenvalue weighted by atomic mass is 10.9. The molecule has 6 heavy (non-hydrogen) atoms. The van der Waals surface area contributed by atoms with Crippen LogP contribution in [0.2, 0.25) is 0 Å². The van der Waals surface area contributed by atoms with E-state index in [-0.39, 0.29) is 0 Å². The standard InChI is InChI=1S/C3H7ClOS/c1-2-5-6-3-4/h2-3H2,1H3. The molecule has 0 aliphatic carbocycles. The van der Waals surface area contributed by atoms with Gasteiger partial charge >= 0.3 is 0 Å². The first-order valence-electron chi connectivity index (χ1n) is 1.72. The van der Waals surface area contributed by atoms with E-state index in [1.165, 1.54) is 12.0 Å². The Kier molecular flexibility index (Phi) is 6.16. The van der Waals surface area contributed by atoms with Crippen LogP contribution < -0.4 is 0 Å². The molecule has 0 rings (SSSR count). The molecule has 0 spiro atoms. The Labute approximate surface area is 47.2 Å². The van der Waals surface area contributed by atoms with Gasteiger partial charge in [0.1, 0.15) is 0 Å². The zero-order valence-electron chi connectivity index (χ0n) is 3.61. The van der Waals surface area contributed by atoms with Crippen molar-refractivity contribution in [1.29, 1.82) is 0 Å². The summed E-state index contributed by atoms with van der Waals surface area (Å²) in [4.78, 5) is 0. The summed E-state index contributed by atoms with van der Waals surface area (Å²) < 4.78 is 4.77. The second-order valence-electron chi connectivity index (χ2n) is 0.633. The second kappa shape index (κ2) is 5.60. The highest BCUT2D eigenvalue weighted by molar-refractivity contribution is 7.95. The lowest BCUT2D eigenvalue weighted by Gasteiger charge is -1.88. The Morgan fingerprint density at radius 1 is 1.83 bits per heavy atom. The summed E-state index contributed by atoms with van der Waals surface area (Å²) in [6.45, 7) is 2.66. The molecule has 3 heteroatoms. The van der Waals surface area contributed by atoms with Crippen LogP contribution in [0.5, 0.6) is 0 Å². The summed E-state index contributed by atoms with van der Waals surface area (Å²) in [6, 6.07) is 0. The average molecular weight is 127 g/mol. The summed E-state index contributed by atoms with van der Waals surface area (Å²) >= 11 is 6.49. The number of hydrogen-bond donors (Lipinski definition) is 0. The van der Waals surface area contributed by atoms with Crippen LogP contribution >= 0.6 is 23.6 Å². The van der Waals surface area contributed by atoms with Gasteiger partial charge in [0, 0.05) is 12.0 Å². The molecule has 0 fully saturated rings. The van der Waals surface area contributed by atoms with Gasteiger partial charge in [-0.15, -0.1) is 11.6 Å². The summed E-state index contributed by atoms with van der Waals surface area (Å²) in [6.07, 6.45) is 0. The van der Waals surface area contributed by atoms with E-state index in [0.717, 1.165) is 6.61 Å². The molecule has 0 aliphatic rings. The van der Waals surface area contributed by atoms with Crippen molar-refractivity contribution in [2.45, 2.75) is 6.92 Å². The molecule has 0 saturated heterocycles. The van der Waals surface area contributed by atoms with E-state index in [0.29, 0.717) is 5.21 Å². The zero-order chi connectivity index (χ0) is 4.83. The lowest BCUT2D eigenvalue weighted by molar-refractivity contribution is 0.403. The molecule has 0 saturated carbocycles. The molecule has 0 bridgehead atoms. The molecule has 0 amide bonds. The van der Waals surface area contributed by atoms with Gasteiger partial charge in [0.25, 0.3) is 0 Å². The zero-order valence-corrected chi connectivity index (χ0v) is 5.18. The normalized spacial score (nSPS) is 9.00. The molecule has 38 valence electrons. The minimum Gasteiger partial charge on any atom is -0.314 e. The van der Waals surface area contributed by atoms with Crippen molar-refractivity contribution in [2.24, 2.45) is 0 Å². The van der Waals surface area contributed by atoms with Crippen molar-refractivity contribution in [3.05, 3.63) is 0 Å². The van der Waals surface area contributed by atoms with Gasteiger partial charge < -0.3 is 4.18 Å². The van der Waals surface area contributed by atoms with Gasteiger partial charge in [0.05, 0.1) is 11.8 Å². The van der Waals surface area contributed by atoms with Crippen LogP contribution in [0.1, 0.15) is 6.92 Å². The first-order chi connectivity index (χ1) is 2.91. The Morgan fingerprint density at radius 2 is 2.50 bits per heavy atom. The van der Waals surface area contributed by atoms with Gasteiger partial charge in [0.2, 0.25) is 0 Å². The van der Waals surface area contributed by atoms with E-state index in [1.54, 1.807) is 0 Å². The first kappa shape index (κ1) is 6.60. The van der Waals surface area contributed by atoms with Crippen LogP contribution in [0.4, 0.5) is 0 Å². The molecular weight excluding hydrogens is 120 g/mol. The number of alkyl halides is 1. The molecule has 0 atom stereocenters. The van der Waals surface area contributed by atoms with Crippen molar-refractivity contribution in [3.63, 3.8) is 0 Å². The van der Waals surface area contributed by atoms with Crippen LogP contribution in [-0.4, -0.2) is 11.8 Å². The fourth-order valence-corrected chi connectivity index (χ4v) is 0.533. The molecule has 1 nitrogen and oxygen atoms in total. The molecular formula is C3H7ClOS. The Balaban J connectivity index is 2.34. The molecule has 0 heterocycles. The molecule has 0 N–H and O–H groups in total. The predicted molar refractivity (Wildman–Crippen MR) is 29.9 cm³/mol. The van der Waals surface area contributed by atoms with Crippen LogP contribution in [-0.2, 0) is 4.18 Å². The maximum absolute atomic E-state index is 5.22.